The lowest BCUT2D eigenvalue weighted by Gasteiger charge is -2.34. The van der Waals surface area contributed by atoms with E-state index in [4.69, 9.17) is 4.74 Å². The molecule has 0 aromatic rings. The average Bonchev–Trinajstić information content (AvgIpc) is 2.39. The van der Waals surface area contributed by atoms with E-state index in [0.29, 0.717) is 26.2 Å². The Kier molecular flexibility index (Phi) is 5.21. The minimum atomic E-state index is -0.659. The summed E-state index contributed by atoms with van der Waals surface area (Å²) in [5.41, 5.74) is 0. The third kappa shape index (κ3) is 3.33. The summed E-state index contributed by atoms with van der Waals surface area (Å²) in [6, 6.07) is -0.0489. The van der Waals surface area contributed by atoms with E-state index >= 15 is 0 Å². The Balaban J connectivity index is 2.60. The van der Waals surface area contributed by atoms with E-state index in [2.05, 4.69) is 4.74 Å². The maximum atomic E-state index is 12.1. The topological polar surface area (TPSA) is 59.1 Å². The van der Waals surface area contributed by atoms with E-state index in [-0.39, 0.29) is 12.6 Å². The van der Waals surface area contributed by atoms with Gasteiger partial charge in [0.1, 0.15) is 0 Å². The van der Waals surface area contributed by atoms with Gasteiger partial charge in [0.25, 0.3) is 0 Å². The van der Waals surface area contributed by atoms with Crippen molar-refractivity contribution >= 4 is 12.0 Å². The SMILES string of the molecule is CCN(CC)C(=O)N1CCOC(C(=O)OC)C1. The third-order valence-electron chi connectivity index (χ3n) is 2.84. The van der Waals surface area contributed by atoms with Crippen molar-refractivity contribution in [3.63, 3.8) is 0 Å². The first-order valence-electron chi connectivity index (χ1n) is 5.87. The molecule has 6 nitrogen and oxygen atoms in total. The Labute approximate surface area is 101 Å². The van der Waals surface area contributed by atoms with Gasteiger partial charge in [0.05, 0.1) is 20.3 Å². The lowest BCUT2D eigenvalue weighted by molar-refractivity contribution is -0.158. The molecule has 0 saturated carbocycles. The zero-order chi connectivity index (χ0) is 12.8. The molecule has 98 valence electrons. The van der Waals surface area contributed by atoms with Gasteiger partial charge in [-0.05, 0) is 13.8 Å². The van der Waals surface area contributed by atoms with Crippen molar-refractivity contribution in [1.82, 2.24) is 9.80 Å². The van der Waals surface area contributed by atoms with Crippen molar-refractivity contribution in [1.29, 1.82) is 0 Å². The molecule has 1 atom stereocenters. The minimum absolute atomic E-state index is 0.0489. The Morgan fingerprint density at radius 1 is 1.41 bits per heavy atom. The summed E-state index contributed by atoms with van der Waals surface area (Å²) in [5.74, 6) is -0.429. The van der Waals surface area contributed by atoms with Gasteiger partial charge in [0.15, 0.2) is 6.10 Å². The first-order chi connectivity index (χ1) is 8.13. The van der Waals surface area contributed by atoms with Crippen molar-refractivity contribution < 1.29 is 19.1 Å². The lowest BCUT2D eigenvalue weighted by Crippen LogP contribution is -2.53. The summed E-state index contributed by atoms with van der Waals surface area (Å²) in [4.78, 5) is 26.8. The molecule has 1 saturated heterocycles. The van der Waals surface area contributed by atoms with E-state index in [1.807, 2.05) is 13.8 Å². The number of hydrogen-bond donors (Lipinski definition) is 0. The number of carbonyl (C=O) groups excluding carboxylic acids is 2. The van der Waals surface area contributed by atoms with Crippen molar-refractivity contribution in [3.8, 4) is 0 Å². The summed E-state index contributed by atoms with van der Waals surface area (Å²) in [7, 11) is 1.32. The van der Waals surface area contributed by atoms with Crippen LogP contribution in [0.25, 0.3) is 0 Å². The standard InChI is InChI=1S/C11H20N2O4/c1-4-12(5-2)11(15)13-6-7-17-9(8-13)10(14)16-3/h9H,4-8H2,1-3H3. The van der Waals surface area contributed by atoms with E-state index in [1.165, 1.54) is 7.11 Å². The number of esters is 1. The molecular weight excluding hydrogens is 224 g/mol. The number of morpholine rings is 1. The molecular formula is C11H20N2O4. The van der Waals surface area contributed by atoms with Crippen molar-refractivity contribution in [2.75, 3.05) is 39.9 Å². The van der Waals surface area contributed by atoms with Gasteiger partial charge in [-0.25, -0.2) is 9.59 Å². The molecule has 17 heavy (non-hydrogen) atoms. The largest absolute Gasteiger partial charge is 0.467 e. The fourth-order valence-corrected chi connectivity index (χ4v) is 1.79. The van der Waals surface area contributed by atoms with E-state index in [9.17, 15) is 9.59 Å². The lowest BCUT2D eigenvalue weighted by atomic mass is 10.3. The number of amides is 2. The highest BCUT2D eigenvalue weighted by Crippen LogP contribution is 2.09. The predicted octanol–water partition coefficient (Wildman–Crippen LogP) is 0.322. The maximum Gasteiger partial charge on any atom is 0.336 e. The molecule has 0 aromatic carbocycles. The van der Waals surface area contributed by atoms with Crippen LogP contribution in [0.2, 0.25) is 0 Å². The van der Waals surface area contributed by atoms with Gasteiger partial charge < -0.3 is 19.3 Å². The molecule has 0 N–H and O–H groups in total. The Morgan fingerprint density at radius 2 is 2.06 bits per heavy atom. The average molecular weight is 244 g/mol. The summed E-state index contributed by atoms with van der Waals surface area (Å²) in [6.45, 7) is 6.34. The highest BCUT2D eigenvalue weighted by molar-refractivity contribution is 5.78. The van der Waals surface area contributed by atoms with Crippen LogP contribution < -0.4 is 0 Å². The fraction of sp³-hybridized carbons (Fsp3) is 0.818. The van der Waals surface area contributed by atoms with E-state index in [1.54, 1.807) is 9.80 Å². The molecule has 0 bridgehead atoms. The Morgan fingerprint density at radius 3 is 2.59 bits per heavy atom. The van der Waals surface area contributed by atoms with Crippen LogP contribution >= 0.6 is 0 Å². The van der Waals surface area contributed by atoms with E-state index < -0.39 is 12.1 Å². The van der Waals surface area contributed by atoms with Crippen LogP contribution in [0.15, 0.2) is 0 Å². The molecule has 1 aliphatic heterocycles. The van der Waals surface area contributed by atoms with Gasteiger partial charge in [-0.15, -0.1) is 0 Å². The van der Waals surface area contributed by atoms with Crippen molar-refractivity contribution in [2.24, 2.45) is 0 Å². The first kappa shape index (κ1) is 13.8. The minimum Gasteiger partial charge on any atom is -0.467 e. The molecule has 0 radical (unpaired) electrons. The molecule has 2 amide bonds. The fourth-order valence-electron chi connectivity index (χ4n) is 1.79. The number of carbonyl (C=O) groups is 2. The number of ether oxygens (including phenoxy) is 2. The second-order valence-corrected chi connectivity index (χ2v) is 3.78. The van der Waals surface area contributed by atoms with Gasteiger partial charge >= 0.3 is 12.0 Å². The molecule has 1 fully saturated rings. The molecule has 1 heterocycles. The molecule has 1 aliphatic rings. The van der Waals surface area contributed by atoms with Crippen LogP contribution in [0.1, 0.15) is 13.8 Å². The number of urea groups is 1. The summed E-state index contributed by atoms with van der Waals surface area (Å²) in [5, 5.41) is 0. The van der Waals surface area contributed by atoms with Gasteiger partial charge in [-0.3, -0.25) is 0 Å². The van der Waals surface area contributed by atoms with Gasteiger partial charge in [0.2, 0.25) is 0 Å². The highest BCUT2D eigenvalue weighted by Gasteiger charge is 2.31. The molecule has 0 spiro atoms. The zero-order valence-corrected chi connectivity index (χ0v) is 10.6. The highest BCUT2D eigenvalue weighted by atomic mass is 16.6. The second-order valence-electron chi connectivity index (χ2n) is 3.78. The third-order valence-corrected chi connectivity index (χ3v) is 2.84. The first-order valence-corrected chi connectivity index (χ1v) is 5.87. The van der Waals surface area contributed by atoms with Crippen LogP contribution in [0.5, 0.6) is 0 Å². The quantitative estimate of drug-likeness (QED) is 0.671. The summed E-state index contributed by atoms with van der Waals surface area (Å²) in [6.07, 6.45) is -0.659. The van der Waals surface area contributed by atoms with Gasteiger partial charge in [-0.1, -0.05) is 0 Å². The maximum absolute atomic E-state index is 12.1. The van der Waals surface area contributed by atoms with E-state index in [0.717, 1.165) is 0 Å². The van der Waals surface area contributed by atoms with Crippen LogP contribution in [0, 0.1) is 0 Å². The number of rotatable bonds is 3. The van der Waals surface area contributed by atoms with Crippen LogP contribution in [0.4, 0.5) is 4.79 Å². The van der Waals surface area contributed by atoms with Gasteiger partial charge in [-0.2, -0.15) is 0 Å². The van der Waals surface area contributed by atoms with Crippen LogP contribution in [0.3, 0.4) is 0 Å². The van der Waals surface area contributed by atoms with Crippen molar-refractivity contribution in [2.45, 2.75) is 20.0 Å². The van der Waals surface area contributed by atoms with Crippen LogP contribution in [-0.4, -0.2) is 67.8 Å². The molecule has 6 heteroatoms. The smallest absolute Gasteiger partial charge is 0.336 e. The molecule has 0 aliphatic carbocycles. The molecule has 1 unspecified atom stereocenters. The molecule has 0 aromatic heterocycles. The Bertz CT molecular complexity index is 279. The second kappa shape index (κ2) is 6.44. The van der Waals surface area contributed by atoms with Crippen LogP contribution in [-0.2, 0) is 14.3 Å². The van der Waals surface area contributed by atoms with Gasteiger partial charge in [0, 0.05) is 19.6 Å². The number of methoxy groups -OCH3 is 1. The predicted molar refractivity (Wildman–Crippen MR) is 61.6 cm³/mol. The van der Waals surface area contributed by atoms with Crippen molar-refractivity contribution in [3.05, 3.63) is 0 Å². The summed E-state index contributed by atoms with van der Waals surface area (Å²) >= 11 is 0. The number of nitrogens with zero attached hydrogens (tertiary/aromatic N) is 2. The normalized spacial score (nSPS) is 19.9. The summed E-state index contributed by atoms with van der Waals surface area (Å²) < 4.78 is 9.89. The monoisotopic (exact) mass is 244 g/mol. The zero-order valence-electron chi connectivity index (χ0n) is 10.6. The molecule has 1 rings (SSSR count). The Hall–Kier alpha value is -1.30. The number of hydrogen-bond acceptors (Lipinski definition) is 4.